The van der Waals surface area contributed by atoms with Gasteiger partial charge >= 0.3 is 6.18 Å². The highest BCUT2D eigenvalue weighted by atomic mass is 19.4. The van der Waals surface area contributed by atoms with Crippen LogP contribution < -0.4 is 15.0 Å². The number of para-hydroxylation sites is 2. The van der Waals surface area contributed by atoms with Crippen molar-refractivity contribution in [3.8, 4) is 5.75 Å². The molecule has 5 nitrogen and oxygen atoms in total. The van der Waals surface area contributed by atoms with E-state index >= 15 is 0 Å². The quantitative estimate of drug-likeness (QED) is 0.853. The van der Waals surface area contributed by atoms with Crippen LogP contribution in [0.2, 0.25) is 0 Å². The van der Waals surface area contributed by atoms with Gasteiger partial charge in [0.25, 0.3) is 5.91 Å². The van der Waals surface area contributed by atoms with E-state index in [9.17, 15) is 22.8 Å². The van der Waals surface area contributed by atoms with Gasteiger partial charge in [-0.3, -0.25) is 9.59 Å². The zero-order chi connectivity index (χ0) is 20.6. The van der Waals surface area contributed by atoms with Gasteiger partial charge in [-0.15, -0.1) is 0 Å². The number of rotatable bonds is 3. The summed E-state index contributed by atoms with van der Waals surface area (Å²) >= 11 is 0. The molecule has 1 N–H and O–H groups in total. The number of alkyl halides is 3. The van der Waals surface area contributed by atoms with Gasteiger partial charge in [-0.05, 0) is 49.7 Å². The summed E-state index contributed by atoms with van der Waals surface area (Å²) in [4.78, 5) is 27.2. The van der Waals surface area contributed by atoms with Crippen molar-refractivity contribution >= 4 is 17.5 Å². The van der Waals surface area contributed by atoms with E-state index in [0.29, 0.717) is 31.6 Å². The first-order valence-corrected chi connectivity index (χ1v) is 9.31. The number of fused-ring (bicyclic) bond motifs is 2. The van der Waals surface area contributed by atoms with Crippen LogP contribution in [0.25, 0.3) is 0 Å². The summed E-state index contributed by atoms with van der Waals surface area (Å²) < 4.78 is 44.6. The maximum absolute atomic E-state index is 13.3. The van der Waals surface area contributed by atoms with Crippen LogP contribution in [-0.2, 0) is 21.2 Å². The number of benzene rings is 2. The first-order chi connectivity index (χ1) is 13.8. The fourth-order valence-electron chi connectivity index (χ4n) is 4.13. The maximum atomic E-state index is 13.3. The smallest absolute Gasteiger partial charge is 0.419 e. The summed E-state index contributed by atoms with van der Waals surface area (Å²) in [5.74, 6) is -1.46. The highest BCUT2D eigenvalue weighted by molar-refractivity contribution is 6.23. The SMILES string of the molecule is O=C(COc1ccccc1C(F)(F)F)N1C(=O)C2(CCNCC2)c2ccccc21. The Bertz CT molecular complexity index is 952. The number of hydrogen-bond donors (Lipinski definition) is 1. The van der Waals surface area contributed by atoms with Crippen LogP contribution in [0.1, 0.15) is 24.0 Å². The minimum absolute atomic E-state index is 0.335. The van der Waals surface area contributed by atoms with Crippen LogP contribution in [0.5, 0.6) is 5.75 Å². The third kappa shape index (κ3) is 3.27. The second-order valence-corrected chi connectivity index (χ2v) is 7.17. The second kappa shape index (κ2) is 7.18. The molecule has 0 atom stereocenters. The zero-order valence-corrected chi connectivity index (χ0v) is 15.5. The molecule has 0 radical (unpaired) electrons. The first-order valence-electron chi connectivity index (χ1n) is 9.31. The van der Waals surface area contributed by atoms with Crippen LogP contribution in [0.15, 0.2) is 48.5 Å². The molecular formula is C21H19F3N2O3. The van der Waals surface area contributed by atoms with Gasteiger partial charge in [0.05, 0.1) is 16.7 Å². The predicted octanol–water partition coefficient (Wildman–Crippen LogP) is 3.28. The molecule has 2 amide bonds. The average Bonchev–Trinajstić information content (AvgIpc) is 2.95. The molecule has 152 valence electrons. The van der Waals surface area contributed by atoms with Crippen molar-refractivity contribution in [1.29, 1.82) is 0 Å². The lowest BCUT2D eigenvalue weighted by Gasteiger charge is -2.32. The van der Waals surface area contributed by atoms with E-state index in [-0.39, 0.29) is 5.91 Å². The highest BCUT2D eigenvalue weighted by Crippen LogP contribution is 2.47. The van der Waals surface area contributed by atoms with Crippen molar-refractivity contribution in [3.05, 3.63) is 59.7 Å². The minimum Gasteiger partial charge on any atom is -0.483 e. The monoisotopic (exact) mass is 404 g/mol. The Morgan fingerprint density at radius 3 is 2.45 bits per heavy atom. The van der Waals surface area contributed by atoms with Crippen LogP contribution in [0.3, 0.4) is 0 Å². The highest BCUT2D eigenvalue weighted by Gasteiger charge is 2.52. The van der Waals surface area contributed by atoms with Crippen molar-refractivity contribution in [2.24, 2.45) is 0 Å². The summed E-state index contributed by atoms with van der Waals surface area (Å²) in [6, 6.07) is 11.8. The molecule has 0 aliphatic carbocycles. The normalized spacial score (nSPS) is 18.0. The van der Waals surface area contributed by atoms with E-state index in [1.54, 1.807) is 12.1 Å². The van der Waals surface area contributed by atoms with E-state index in [0.717, 1.165) is 22.6 Å². The Morgan fingerprint density at radius 2 is 1.72 bits per heavy atom. The standard InChI is InChI=1S/C21H19F3N2O3/c22-21(23,24)15-6-2-4-8-17(15)29-13-18(27)26-16-7-3-1-5-14(16)20(19(26)28)9-11-25-12-10-20/h1-8,25H,9-13H2. The van der Waals surface area contributed by atoms with Crippen LogP contribution in [0.4, 0.5) is 18.9 Å². The summed E-state index contributed by atoms with van der Waals surface area (Å²) in [5, 5.41) is 3.21. The summed E-state index contributed by atoms with van der Waals surface area (Å²) in [6.07, 6.45) is -3.48. The average molecular weight is 404 g/mol. The lowest BCUT2D eigenvalue weighted by Crippen LogP contribution is -2.49. The molecule has 1 fully saturated rings. The van der Waals surface area contributed by atoms with Gasteiger partial charge in [0.15, 0.2) is 6.61 Å². The molecular weight excluding hydrogens is 385 g/mol. The fourth-order valence-corrected chi connectivity index (χ4v) is 4.13. The van der Waals surface area contributed by atoms with Gasteiger partial charge in [-0.1, -0.05) is 30.3 Å². The second-order valence-electron chi connectivity index (χ2n) is 7.17. The lowest BCUT2D eigenvalue weighted by molar-refractivity contribution is -0.140. The minimum atomic E-state index is -4.60. The molecule has 2 aromatic rings. The van der Waals surface area contributed by atoms with E-state index in [2.05, 4.69) is 5.32 Å². The van der Waals surface area contributed by atoms with Gasteiger partial charge in [-0.2, -0.15) is 13.2 Å². The molecule has 0 unspecified atom stereocenters. The Labute approximate surface area is 165 Å². The van der Waals surface area contributed by atoms with Gasteiger partial charge < -0.3 is 10.1 Å². The number of ether oxygens (including phenoxy) is 1. The number of imide groups is 1. The van der Waals surface area contributed by atoms with E-state index < -0.39 is 35.4 Å². The number of piperidine rings is 1. The van der Waals surface area contributed by atoms with Crippen molar-refractivity contribution in [2.75, 3.05) is 24.6 Å². The van der Waals surface area contributed by atoms with Crippen LogP contribution >= 0.6 is 0 Å². The summed E-state index contributed by atoms with van der Waals surface area (Å²) in [5.41, 5.74) is -0.468. The van der Waals surface area contributed by atoms with Crippen molar-refractivity contribution in [2.45, 2.75) is 24.4 Å². The zero-order valence-electron chi connectivity index (χ0n) is 15.5. The number of nitrogens with one attached hydrogen (secondary N) is 1. The molecule has 29 heavy (non-hydrogen) atoms. The third-order valence-corrected chi connectivity index (χ3v) is 5.52. The van der Waals surface area contributed by atoms with E-state index in [4.69, 9.17) is 4.74 Å². The molecule has 0 saturated carbocycles. The number of carbonyl (C=O) groups is 2. The van der Waals surface area contributed by atoms with Gasteiger partial charge in [0.2, 0.25) is 5.91 Å². The molecule has 1 spiro atoms. The van der Waals surface area contributed by atoms with Crippen LogP contribution in [0, 0.1) is 0 Å². The Kier molecular flexibility index (Phi) is 4.82. The molecule has 2 aromatic carbocycles. The molecule has 4 rings (SSSR count). The number of anilines is 1. The molecule has 2 aliphatic heterocycles. The predicted molar refractivity (Wildman–Crippen MR) is 99.7 cm³/mol. The van der Waals surface area contributed by atoms with Gasteiger partial charge in [-0.25, -0.2) is 4.90 Å². The summed E-state index contributed by atoms with van der Waals surface area (Å²) in [7, 11) is 0. The number of nitrogens with zero attached hydrogens (tertiary/aromatic N) is 1. The van der Waals surface area contributed by atoms with Gasteiger partial charge in [0, 0.05) is 0 Å². The van der Waals surface area contributed by atoms with Gasteiger partial charge in [0.1, 0.15) is 5.75 Å². The maximum Gasteiger partial charge on any atom is 0.419 e. The third-order valence-electron chi connectivity index (χ3n) is 5.52. The molecule has 1 saturated heterocycles. The number of amides is 2. The Hall–Kier alpha value is -2.87. The van der Waals surface area contributed by atoms with Crippen molar-refractivity contribution < 1.29 is 27.5 Å². The Balaban J connectivity index is 1.60. The topological polar surface area (TPSA) is 58.6 Å². The Morgan fingerprint density at radius 1 is 1.07 bits per heavy atom. The number of carbonyl (C=O) groups excluding carboxylic acids is 2. The molecule has 0 bridgehead atoms. The first kappa shape index (κ1) is 19.4. The molecule has 8 heteroatoms. The van der Waals surface area contributed by atoms with Crippen molar-refractivity contribution in [1.82, 2.24) is 5.32 Å². The summed E-state index contributed by atoms with van der Waals surface area (Å²) in [6.45, 7) is 0.636. The largest absolute Gasteiger partial charge is 0.483 e. The fraction of sp³-hybridized carbons (Fsp3) is 0.333. The lowest BCUT2D eigenvalue weighted by atomic mass is 9.74. The number of hydrogen-bond acceptors (Lipinski definition) is 4. The van der Waals surface area contributed by atoms with E-state index in [1.165, 1.54) is 12.1 Å². The van der Waals surface area contributed by atoms with Crippen LogP contribution in [-0.4, -0.2) is 31.5 Å². The number of halogens is 3. The van der Waals surface area contributed by atoms with E-state index in [1.807, 2.05) is 12.1 Å². The molecule has 0 aromatic heterocycles. The molecule has 2 aliphatic rings. The molecule has 2 heterocycles. The van der Waals surface area contributed by atoms with Crippen molar-refractivity contribution in [3.63, 3.8) is 0 Å².